The van der Waals surface area contributed by atoms with Crippen LogP contribution in [0.5, 0.6) is 0 Å². The first-order valence-corrected chi connectivity index (χ1v) is 8.06. The number of nitrogens with zero attached hydrogens (tertiary/aromatic N) is 1. The molecule has 0 aliphatic rings. The van der Waals surface area contributed by atoms with Gasteiger partial charge in [-0.25, -0.2) is 0 Å². The van der Waals surface area contributed by atoms with Crippen molar-refractivity contribution in [2.45, 2.75) is 26.2 Å². The molecule has 2 aromatic carbocycles. The highest BCUT2D eigenvalue weighted by Gasteiger charge is 2.23. The summed E-state index contributed by atoms with van der Waals surface area (Å²) in [6, 6.07) is 14.5. The number of benzene rings is 2. The summed E-state index contributed by atoms with van der Waals surface area (Å²) in [7, 11) is 0. The van der Waals surface area contributed by atoms with E-state index < -0.39 is 5.91 Å². The lowest BCUT2D eigenvalue weighted by atomic mass is 9.86. The molecule has 3 aromatic rings. The summed E-state index contributed by atoms with van der Waals surface area (Å²) in [6.07, 6.45) is 0. The molecule has 4 N–H and O–H groups in total. The fraction of sp³-hybridized carbons (Fsp3) is 0.200. The van der Waals surface area contributed by atoms with Crippen LogP contribution < -0.4 is 11.5 Å². The smallest absolute Gasteiger partial charge is 0.263 e. The van der Waals surface area contributed by atoms with Crippen LogP contribution in [-0.2, 0) is 5.41 Å². The quantitative estimate of drug-likeness (QED) is 0.752. The van der Waals surface area contributed by atoms with Crippen molar-refractivity contribution in [2.75, 3.05) is 5.73 Å². The molecular formula is C20H21N3O2. The van der Waals surface area contributed by atoms with E-state index in [0.29, 0.717) is 16.5 Å². The molecule has 0 bridgehead atoms. The van der Waals surface area contributed by atoms with Crippen molar-refractivity contribution < 1.29 is 9.59 Å². The molecule has 0 fully saturated rings. The van der Waals surface area contributed by atoms with Crippen LogP contribution in [0.1, 0.15) is 47.1 Å². The third-order valence-electron chi connectivity index (χ3n) is 4.36. The molecule has 5 heteroatoms. The Morgan fingerprint density at radius 1 is 0.960 bits per heavy atom. The number of aromatic nitrogens is 1. The minimum atomic E-state index is -0.650. The van der Waals surface area contributed by atoms with Gasteiger partial charge in [-0.3, -0.25) is 14.2 Å². The molecule has 1 amide bonds. The molecule has 1 heterocycles. The standard InChI is InChI=1S/C20H21N3O2/c1-20(2,3)13-10-8-12(9-11-13)19(25)23-15-7-5-4-6-14(15)16(17(23)21)18(22)24/h4-11H,21H2,1-3H3,(H2,22,24). The Hall–Kier alpha value is -3.08. The van der Waals surface area contributed by atoms with E-state index in [-0.39, 0.29) is 22.7 Å². The van der Waals surface area contributed by atoms with Crippen molar-refractivity contribution in [3.8, 4) is 0 Å². The maximum atomic E-state index is 13.0. The number of carbonyl (C=O) groups excluding carboxylic acids is 2. The average molecular weight is 335 g/mol. The van der Waals surface area contributed by atoms with Gasteiger partial charge in [0.2, 0.25) is 0 Å². The van der Waals surface area contributed by atoms with Gasteiger partial charge in [0.1, 0.15) is 5.82 Å². The molecule has 25 heavy (non-hydrogen) atoms. The fourth-order valence-corrected chi connectivity index (χ4v) is 2.98. The minimum Gasteiger partial charge on any atom is -0.384 e. The van der Waals surface area contributed by atoms with Gasteiger partial charge < -0.3 is 11.5 Å². The number of anilines is 1. The third-order valence-corrected chi connectivity index (χ3v) is 4.36. The van der Waals surface area contributed by atoms with E-state index in [1.165, 1.54) is 4.57 Å². The van der Waals surface area contributed by atoms with E-state index in [1.54, 1.807) is 36.4 Å². The summed E-state index contributed by atoms with van der Waals surface area (Å²) in [4.78, 5) is 24.8. The van der Waals surface area contributed by atoms with Gasteiger partial charge in [0.25, 0.3) is 11.8 Å². The van der Waals surface area contributed by atoms with E-state index in [2.05, 4.69) is 20.8 Å². The van der Waals surface area contributed by atoms with E-state index in [1.807, 2.05) is 12.1 Å². The largest absolute Gasteiger partial charge is 0.384 e. The first-order valence-electron chi connectivity index (χ1n) is 8.06. The summed E-state index contributed by atoms with van der Waals surface area (Å²) < 4.78 is 1.35. The Labute approximate surface area is 146 Å². The molecule has 1 aromatic heterocycles. The number of hydrogen-bond donors (Lipinski definition) is 2. The lowest BCUT2D eigenvalue weighted by molar-refractivity contribution is 0.0967. The molecule has 0 saturated carbocycles. The number of fused-ring (bicyclic) bond motifs is 1. The van der Waals surface area contributed by atoms with Crippen LogP contribution in [0.4, 0.5) is 5.82 Å². The van der Waals surface area contributed by atoms with Crippen molar-refractivity contribution in [1.29, 1.82) is 0 Å². The Kier molecular flexibility index (Phi) is 3.87. The number of rotatable bonds is 2. The Balaban J connectivity index is 2.15. The highest BCUT2D eigenvalue weighted by atomic mass is 16.2. The van der Waals surface area contributed by atoms with Crippen LogP contribution in [0.3, 0.4) is 0 Å². The predicted molar refractivity (Wildman–Crippen MR) is 99.7 cm³/mol. The second-order valence-electron chi connectivity index (χ2n) is 7.11. The highest BCUT2D eigenvalue weighted by Crippen LogP contribution is 2.29. The van der Waals surface area contributed by atoms with Crippen molar-refractivity contribution in [1.82, 2.24) is 4.57 Å². The average Bonchev–Trinajstić information content (AvgIpc) is 2.85. The van der Waals surface area contributed by atoms with Crippen LogP contribution in [0.25, 0.3) is 10.9 Å². The number of primary amides is 1. The summed E-state index contributed by atoms with van der Waals surface area (Å²) in [5.41, 5.74) is 13.9. The normalized spacial score (nSPS) is 11.6. The first kappa shape index (κ1) is 16.8. The number of para-hydroxylation sites is 1. The number of nitrogens with two attached hydrogens (primary N) is 2. The van der Waals surface area contributed by atoms with Gasteiger partial charge in [0.15, 0.2) is 0 Å². The number of carbonyl (C=O) groups is 2. The SMILES string of the molecule is CC(C)(C)c1ccc(C(=O)n2c(N)c(C(N)=O)c3ccccc32)cc1. The molecular weight excluding hydrogens is 314 g/mol. The zero-order chi connectivity index (χ0) is 18.4. The Bertz CT molecular complexity index is 977. The first-order chi connectivity index (χ1) is 11.7. The second-order valence-corrected chi connectivity index (χ2v) is 7.11. The third kappa shape index (κ3) is 2.78. The van der Waals surface area contributed by atoms with Crippen LogP contribution in [0.15, 0.2) is 48.5 Å². The van der Waals surface area contributed by atoms with Crippen LogP contribution >= 0.6 is 0 Å². The van der Waals surface area contributed by atoms with E-state index in [0.717, 1.165) is 5.56 Å². The van der Waals surface area contributed by atoms with Gasteiger partial charge >= 0.3 is 0 Å². The zero-order valence-corrected chi connectivity index (χ0v) is 14.5. The van der Waals surface area contributed by atoms with Gasteiger partial charge in [-0.2, -0.15) is 0 Å². The molecule has 3 rings (SSSR count). The Morgan fingerprint density at radius 2 is 1.56 bits per heavy atom. The predicted octanol–water partition coefficient (Wildman–Crippen LogP) is 3.31. The van der Waals surface area contributed by atoms with Gasteiger partial charge in [-0.1, -0.05) is 51.1 Å². The number of nitrogen functional groups attached to an aromatic ring is 1. The molecule has 0 saturated heterocycles. The molecule has 0 radical (unpaired) electrons. The lowest BCUT2D eigenvalue weighted by Crippen LogP contribution is -2.18. The van der Waals surface area contributed by atoms with E-state index in [4.69, 9.17) is 11.5 Å². The highest BCUT2D eigenvalue weighted by molar-refractivity contribution is 6.16. The minimum absolute atomic E-state index is 0.000109. The summed E-state index contributed by atoms with van der Waals surface area (Å²) in [6.45, 7) is 6.33. The van der Waals surface area contributed by atoms with Gasteiger partial charge in [-0.05, 0) is 29.2 Å². The van der Waals surface area contributed by atoms with Gasteiger partial charge in [0, 0.05) is 10.9 Å². The van der Waals surface area contributed by atoms with Crippen molar-refractivity contribution in [3.05, 3.63) is 65.2 Å². The van der Waals surface area contributed by atoms with Crippen LogP contribution in [0, 0.1) is 0 Å². The molecule has 5 nitrogen and oxygen atoms in total. The van der Waals surface area contributed by atoms with E-state index >= 15 is 0 Å². The molecule has 0 unspecified atom stereocenters. The maximum Gasteiger partial charge on any atom is 0.263 e. The zero-order valence-electron chi connectivity index (χ0n) is 14.5. The summed E-state index contributed by atoms with van der Waals surface area (Å²) in [5, 5.41) is 0.576. The van der Waals surface area contributed by atoms with Crippen molar-refractivity contribution >= 4 is 28.5 Å². The Morgan fingerprint density at radius 3 is 2.12 bits per heavy atom. The topological polar surface area (TPSA) is 91.1 Å². The molecule has 0 spiro atoms. The van der Waals surface area contributed by atoms with E-state index in [9.17, 15) is 9.59 Å². The summed E-state index contributed by atoms with van der Waals surface area (Å²) >= 11 is 0. The van der Waals surface area contributed by atoms with Gasteiger partial charge in [-0.15, -0.1) is 0 Å². The number of amides is 1. The second kappa shape index (κ2) is 5.77. The lowest BCUT2D eigenvalue weighted by Gasteiger charge is -2.19. The molecule has 0 atom stereocenters. The maximum absolute atomic E-state index is 13.0. The molecule has 0 aliphatic carbocycles. The van der Waals surface area contributed by atoms with Gasteiger partial charge in [0.05, 0.1) is 11.1 Å². The van der Waals surface area contributed by atoms with Crippen molar-refractivity contribution in [2.24, 2.45) is 5.73 Å². The molecule has 0 aliphatic heterocycles. The monoisotopic (exact) mass is 335 g/mol. The molecule has 128 valence electrons. The fourth-order valence-electron chi connectivity index (χ4n) is 2.98. The summed E-state index contributed by atoms with van der Waals surface area (Å²) in [5.74, 6) is -0.872. The van der Waals surface area contributed by atoms with Crippen LogP contribution in [-0.4, -0.2) is 16.4 Å². The number of hydrogen-bond acceptors (Lipinski definition) is 3. The van der Waals surface area contributed by atoms with Crippen molar-refractivity contribution in [3.63, 3.8) is 0 Å². The van der Waals surface area contributed by atoms with Crippen LogP contribution in [0.2, 0.25) is 0 Å².